The molecule has 0 unspecified atom stereocenters. The van der Waals surface area contributed by atoms with Gasteiger partial charge in [0.1, 0.15) is 6.54 Å². The second-order valence-corrected chi connectivity index (χ2v) is 6.71. The minimum absolute atomic E-state index is 0.0214. The number of ether oxygens (including phenoxy) is 1. The molecule has 0 saturated carbocycles. The third kappa shape index (κ3) is 6.20. The smallest absolute Gasteiger partial charge is 0.326 e. The van der Waals surface area contributed by atoms with Crippen molar-refractivity contribution in [1.29, 1.82) is 0 Å². The molecule has 0 fully saturated rings. The quantitative estimate of drug-likeness (QED) is 0.634. The summed E-state index contributed by atoms with van der Waals surface area (Å²) in [5.41, 5.74) is 6.21. The van der Waals surface area contributed by atoms with Crippen LogP contribution in [0.2, 0.25) is 0 Å². The van der Waals surface area contributed by atoms with E-state index in [1.54, 1.807) is 47.2 Å². The Morgan fingerprint density at radius 1 is 1.11 bits per heavy atom. The van der Waals surface area contributed by atoms with E-state index in [2.05, 4.69) is 0 Å². The molecule has 2 rings (SSSR count). The van der Waals surface area contributed by atoms with Crippen molar-refractivity contribution >= 4 is 40.7 Å². The number of likely N-dealkylation sites (N-methyl/N-ethyl adjacent to an activating group) is 1. The second kappa shape index (κ2) is 10.2. The van der Waals surface area contributed by atoms with Gasteiger partial charge in [0.05, 0.1) is 5.56 Å². The Hall–Kier alpha value is -3.20. The minimum Gasteiger partial charge on any atom is -0.454 e. The zero-order chi connectivity index (χ0) is 20.5. The van der Waals surface area contributed by atoms with E-state index in [0.29, 0.717) is 11.3 Å². The van der Waals surface area contributed by atoms with Gasteiger partial charge in [-0.15, -0.1) is 0 Å². The molecular weight excluding hydrogens is 382 g/mol. The molecule has 0 aliphatic rings. The predicted octanol–water partition coefficient (Wildman–Crippen LogP) is 1.27. The van der Waals surface area contributed by atoms with Crippen molar-refractivity contribution in [3.63, 3.8) is 0 Å². The molecule has 0 bridgehead atoms. The number of rotatable bonds is 9. The number of thiophene rings is 1. The lowest BCUT2D eigenvalue weighted by Crippen LogP contribution is -2.38. The number of anilines is 1. The SMILES string of the molecule is CN(CC(=O)OCC(=O)N(CCC(N)=O)c1ccccc1)C(=O)c1ccsc1. The van der Waals surface area contributed by atoms with Crippen molar-refractivity contribution in [2.45, 2.75) is 6.42 Å². The van der Waals surface area contributed by atoms with Crippen LogP contribution in [-0.2, 0) is 19.1 Å². The molecule has 9 heteroatoms. The zero-order valence-corrected chi connectivity index (χ0v) is 16.2. The molecule has 3 amide bonds. The number of amides is 3. The van der Waals surface area contributed by atoms with Gasteiger partial charge in [0.25, 0.3) is 11.8 Å². The lowest BCUT2D eigenvalue weighted by atomic mass is 10.2. The van der Waals surface area contributed by atoms with E-state index in [4.69, 9.17) is 10.5 Å². The van der Waals surface area contributed by atoms with Crippen LogP contribution >= 0.6 is 11.3 Å². The number of nitrogens with zero attached hydrogens (tertiary/aromatic N) is 2. The van der Waals surface area contributed by atoms with Crippen LogP contribution in [0.25, 0.3) is 0 Å². The largest absolute Gasteiger partial charge is 0.454 e. The Labute approximate surface area is 166 Å². The van der Waals surface area contributed by atoms with Gasteiger partial charge in [-0.05, 0) is 23.6 Å². The van der Waals surface area contributed by atoms with Gasteiger partial charge < -0.3 is 20.3 Å². The van der Waals surface area contributed by atoms with Gasteiger partial charge in [-0.3, -0.25) is 19.2 Å². The van der Waals surface area contributed by atoms with Crippen molar-refractivity contribution < 1.29 is 23.9 Å². The Morgan fingerprint density at radius 3 is 2.43 bits per heavy atom. The average Bonchev–Trinajstić information content (AvgIpc) is 3.21. The van der Waals surface area contributed by atoms with Crippen molar-refractivity contribution in [1.82, 2.24) is 4.90 Å². The molecule has 0 atom stereocenters. The fourth-order valence-corrected chi connectivity index (χ4v) is 3.00. The molecule has 2 N–H and O–H groups in total. The van der Waals surface area contributed by atoms with E-state index in [9.17, 15) is 19.2 Å². The third-order valence-corrected chi connectivity index (χ3v) is 4.47. The van der Waals surface area contributed by atoms with Gasteiger partial charge in [0.15, 0.2) is 6.61 Å². The number of para-hydroxylation sites is 1. The molecule has 1 aromatic carbocycles. The van der Waals surface area contributed by atoms with Crippen LogP contribution in [0, 0.1) is 0 Å². The van der Waals surface area contributed by atoms with Gasteiger partial charge in [0.2, 0.25) is 5.91 Å². The number of carbonyl (C=O) groups excluding carboxylic acids is 4. The summed E-state index contributed by atoms with van der Waals surface area (Å²) in [4.78, 5) is 50.2. The molecule has 8 nitrogen and oxygen atoms in total. The average molecular weight is 403 g/mol. The first-order valence-corrected chi connectivity index (χ1v) is 9.39. The van der Waals surface area contributed by atoms with E-state index in [-0.39, 0.29) is 25.4 Å². The normalized spacial score (nSPS) is 10.2. The summed E-state index contributed by atoms with van der Waals surface area (Å²) < 4.78 is 5.01. The van der Waals surface area contributed by atoms with E-state index in [1.807, 2.05) is 0 Å². The van der Waals surface area contributed by atoms with Gasteiger partial charge >= 0.3 is 5.97 Å². The summed E-state index contributed by atoms with van der Waals surface area (Å²) in [6, 6.07) is 10.4. The third-order valence-electron chi connectivity index (χ3n) is 3.79. The Morgan fingerprint density at radius 2 is 1.82 bits per heavy atom. The molecule has 1 aromatic heterocycles. The summed E-state index contributed by atoms with van der Waals surface area (Å²) in [6.07, 6.45) is -0.0214. The van der Waals surface area contributed by atoms with Crippen LogP contribution < -0.4 is 10.6 Å². The van der Waals surface area contributed by atoms with Gasteiger partial charge in [0, 0.05) is 31.1 Å². The van der Waals surface area contributed by atoms with Crippen molar-refractivity contribution in [3.05, 3.63) is 52.7 Å². The fraction of sp³-hybridized carbons (Fsp3) is 0.263. The first-order chi connectivity index (χ1) is 13.4. The molecule has 0 spiro atoms. The Kier molecular flexibility index (Phi) is 7.70. The van der Waals surface area contributed by atoms with Crippen LogP contribution in [0.1, 0.15) is 16.8 Å². The van der Waals surface area contributed by atoms with Gasteiger partial charge in [-0.1, -0.05) is 18.2 Å². The standard InChI is InChI=1S/C19H21N3O5S/c1-21(19(26)14-8-10-28-13-14)11-18(25)27-12-17(24)22(9-7-16(20)23)15-5-3-2-4-6-15/h2-6,8,10,13H,7,9,11-12H2,1H3,(H2,20,23). The molecule has 28 heavy (non-hydrogen) atoms. The van der Waals surface area contributed by atoms with Crippen LogP contribution in [0.3, 0.4) is 0 Å². The second-order valence-electron chi connectivity index (χ2n) is 5.93. The molecule has 0 radical (unpaired) electrons. The van der Waals surface area contributed by atoms with E-state index < -0.39 is 24.4 Å². The molecule has 1 heterocycles. The van der Waals surface area contributed by atoms with Crippen LogP contribution in [-0.4, -0.2) is 55.3 Å². The van der Waals surface area contributed by atoms with Gasteiger partial charge in [-0.2, -0.15) is 11.3 Å². The monoisotopic (exact) mass is 403 g/mol. The van der Waals surface area contributed by atoms with Crippen molar-refractivity contribution in [2.75, 3.05) is 31.6 Å². The molecule has 0 aliphatic carbocycles. The highest BCUT2D eigenvalue weighted by atomic mass is 32.1. The van der Waals surface area contributed by atoms with E-state index >= 15 is 0 Å². The minimum atomic E-state index is -0.706. The topological polar surface area (TPSA) is 110 Å². The summed E-state index contributed by atoms with van der Waals surface area (Å²) in [5.74, 6) is -2.05. The predicted molar refractivity (Wildman–Crippen MR) is 105 cm³/mol. The van der Waals surface area contributed by atoms with Crippen molar-refractivity contribution in [2.24, 2.45) is 5.73 Å². The van der Waals surface area contributed by atoms with Crippen LogP contribution in [0.15, 0.2) is 47.2 Å². The molecule has 0 saturated heterocycles. The number of hydrogen-bond acceptors (Lipinski definition) is 6. The molecular formula is C19H21N3O5S. The number of primary amides is 1. The fourth-order valence-electron chi connectivity index (χ4n) is 2.37. The maximum atomic E-state index is 12.5. The highest BCUT2D eigenvalue weighted by Crippen LogP contribution is 2.14. The lowest BCUT2D eigenvalue weighted by molar-refractivity contribution is -0.148. The van der Waals surface area contributed by atoms with Crippen LogP contribution in [0.4, 0.5) is 5.69 Å². The number of hydrogen-bond donors (Lipinski definition) is 1. The highest BCUT2D eigenvalue weighted by Gasteiger charge is 2.20. The molecule has 148 valence electrons. The number of benzene rings is 1. The summed E-state index contributed by atoms with van der Waals surface area (Å²) in [5, 5.41) is 3.45. The zero-order valence-electron chi connectivity index (χ0n) is 15.4. The highest BCUT2D eigenvalue weighted by molar-refractivity contribution is 7.08. The Bertz CT molecular complexity index is 823. The van der Waals surface area contributed by atoms with Crippen LogP contribution in [0.5, 0.6) is 0 Å². The summed E-state index contributed by atoms with van der Waals surface area (Å²) >= 11 is 1.38. The molecule has 2 aromatic rings. The number of nitrogens with two attached hydrogens (primary N) is 1. The summed E-state index contributed by atoms with van der Waals surface area (Å²) in [6.45, 7) is -0.714. The first kappa shape index (κ1) is 21.1. The maximum absolute atomic E-state index is 12.5. The van der Waals surface area contributed by atoms with E-state index in [0.717, 1.165) is 0 Å². The van der Waals surface area contributed by atoms with Crippen molar-refractivity contribution in [3.8, 4) is 0 Å². The molecule has 0 aliphatic heterocycles. The van der Waals surface area contributed by atoms with Gasteiger partial charge in [-0.25, -0.2) is 0 Å². The lowest BCUT2D eigenvalue weighted by Gasteiger charge is -2.22. The Balaban J connectivity index is 1.91. The number of carbonyl (C=O) groups is 4. The van der Waals surface area contributed by atoms with E-state index in [1.165, 1.54) is 28.2 Å². The maximum Gasteiger partial charge on any atom is 0.326 e. The first-order valence-electron chi connectivity index (χ1n) is 8.45. The number of esters is 1. The summed E-state index contributed by atoms with van der Waals surface area (Å²) in [7, 11) is 1.48.